The van der Waals surface area contributed by atoms with Crippen LogP contribution >= 0.6 is 11.6 Å². The molecule has 8 nitrogen and oxygen atoms in total. The van der Waals surface area contributed by atoms with Gasteiger partial charge in [-0.2, -0.15) is 0 Å². The van der Waals surface area contributed by atoms with Crippen molar-refractivity contribution >= 4 is 39.2 Å². The molecule has 29 heavy (non-hydrogen) atoms. The lowest BCUT2D eigenvalue weighted by Crippen LogP contribution is -2.43. The molecule has 3 N–H and O–H groups in total. The summed E-state index contributed by atoms with van der Waals surface area (Å²) in [7, 11) is -3.23. The van der Waals surface area contributed by atoms with Crippen molar-refractivity contribution in [1.82, 2.24) is 9.62 Å². The zero-order valence-electron chi connectivity index (χ0n) is 16.4. The first-order valence-corrected chi connectivity index (χ1v) is 11.8. The minimum absolute atomic E-state index is 0.140. The second-order valence-corrected chi connectivity index (χ2v) is 9.76. The Morgan fingerprint density at radius 1 is 1.17 bits per heavy atom. The number of anilines is 1. The quantitative estimate of drug-likeness (QED) is 0.653. The fraction of sp³-hybridized carbons (Fsp3) is 0.579. The van der Waals surface area contributed by atoms with Crippen molar-refractivity contribution in [2.24, 2.45) is 11.8 Å². The first-order valence-electron chi connectivity index (χ1n) is 9.62. The molecule has 2 saturated heterocycles. The lowest BCUT2D eigenvalue weighted by Gasteiger charge is -2.30. The van der Waals surface area contributed by atoms with E-state index in [2.05, 4.69) is 10.6 Å². The highest BCUT2D eigenvalue weighted by Crippen LogP contribution is 2.21. The third kappa shape index (κ3) is 7.93. The summed E-state index contributed by atoms with van der Waals surface area (Å²) < 4.78 is 24.4. The van der Waals surface area contributed by atoms with Gasteiger partial charge >= 0.3 is 5.97 Å². The molecule has 0 aliphatic carbocycles. The van der Waals surface area contributed by atoms with E-state index in [1.165, 1.54) is 10.6 Å². The van der Waals surface area contributed by atoms with E-state index in [-0.39, 0.29) is 24.3 Å². The van der Waals surface area contributed by atoms with Gasteiger partial charge in [-0.15, -0.1) is 0 Å². The fourth-order valence-electron chi connectivity index (χ4n) is 3.30. The van der Waals surface area contributed by atoms with Gasteiger partial charge < -0.3 is 15.7 Å². The lowest BCUT2D eigenvalue weighted by atomic mass is 9.99. The normalized spacial score (nSPS) is 22.8. The maximum Gasteiger partial charge on any atom is 0.307 e. The van der Waals surface area contributed by atoms with Gasteiger partial charge in [-0.05, 0) is 56.5 Å². The predicted molar refractivity (Wildman–Crippen MR) is 112 cm³/mol. The first-order chi connectivity index (χ1) is 13.7. The van der Waals surface area contributed by atoms with E-state index in [9.17, 15) is 18.0 Å². The fourth-order valence-corrected chi connectivity index (χ4v) is 4.34. The average Bonchev–Trinajstić information content (AvgIpc) is 2.70. The number of sulfonamides is 1. The monoisotopic (exact) mass is 445 g/mol. The van der Waals surface area contributed by atoms with E-state index in [1.54, 1.807) is 24.3 Å². The van der Waals surface area contributed by atoms with Gasteiger partial charge in [0.1, 0.15) is 0 Å². The number of aliphatic carboxylic acids is 1. The van der Waals surface area contributed by atoms with Gasteiger partial charge in [0.25, 0.3) is 0 Å². The molecule has 2 atom stereocenters. The molecule has 0 unspecified atom stereocenters. The number of carbonyl (C=O) groups is 2. The molecule has 0 spiro atoms. The molecule has 2 aliphatic rings. The van der Waals surface area contributed by atoms with Crippen LogP contribution in [-0.4, -0.2) is 62.1 Å². The van der Waals surface area contributed by atoms with Crippen molar-refractivity contribution in [3.8, 4) is 0 Å². The molecule has 0 bridgehead atoms. The van der Waals surface area contributed by atoms with E-state index < -0.39 is 16.0 Å². The molecule has 162 valence electrons. The summed E-state index contributed by atoms with van der Waals surface area (Å²) in [5, 5.41) is 14.9. The third-order valence-corrected chi connectivity index (χ3v) is 6.50. The molecule has 2 aliphatic heterocycles. The van der Waals surface area contributed by atoms with Crippen molar-refractivity contribution in [3.05, 3.63) is 29.3 Å². The van der Waals surface area contributed by atoms with E-state index in [0.717, 1.165) is 19.4 Å². The number of rotatable bonds is 4. The van der Waals surface area contributed by atoms with Crippen LogP contribution in [0.5, 0.6) is 0 Å². The highest BCUT2D eigenvalue weighted by Gasteiger charge is 2.30. The number of carbonyl (C=O) groups excluding carboxylic acids is 1. The highest BCUT2D eigenvalue weighted by atomic mass is 35.5. The smallest absolute Gasteiger partial charge is 0.307 e. The third-order valence-electron chi connectivity index (χ3n) is 4.98. The summed E-state index contributed by atoms with van der Waals surface area (Å²) in [5.41, 5.74) is 0.663. The second-order valence-electron chi connectivity index (χ2n) is 7.34. The van der Waals surface area contributed by atoms with Gasteiger partial charge in [-0.1, -0.05) is 11.6 Å². The maximum atomic E-state index is 12.2. The number of hydrogen-bond acceptors (Lipinski definition) is 5. The van der Waals surface area contributed by atoms with Crippen molar-refractivity contribution in [2.45, 2.75) is 25.7 Å². The van der Waals surface area contributed by atoms with Gasteiger partial charge in [0, 0.05) is 30.3 Å². The number of benzene rings is 1. The van der Waals surface area contributed by atoms with Crippen LogP contribution in [0, 0.1) is 11.8 Å². The number of nitrogens with zero attached hydrogens (tertiary/aromatic N) is 1. The number of nitrogens with one attached hydrogen (secondary N) is 2. The van der Waals surface area contributed by atoms with Crippen LogP contribution in [0.3, 0.4) is 0 Å². The van der Waals surface area contributed by atoms with Crippen LogP contribution in [0.1, 0.15) is 25.7 Å². The summed E-state index contributed by atoms with van der Waals surface area (Å²) in [6, 6.07) is 6.83. The summed E-state index contributed by atoms with van der Waals surface area (Å²) in [5.74, 6) is -1.27. The lowest BCUT2D eigenvalue weighted by molar-refractivity contribution is -0.142. The van der Waals surface area contributed by atoms with Gasteiger partial charge in [0.05, 0.1) is 18.1 Å². The molecule has 1 aromatic rings. The van der Waals surface area contributed by atoms with Crippen molar-refractivity contribution in [1.29, 1.82) is 0 Å². The zero-order valence-corrected chi connectivity index (χ0v) is 18.0. The van der Waals surface area contributed by atoms with Crippen LogP contribution in [0.2, 0.25) is 5.02 Å². The molecular formula is C19H28ClN3O5S. The van der Waals surface area contributed by atoms with Crippen molar-refractivity contribution < 1.29 is 23.1 Å². The molecule has 0 saturated carbocycles. The van der Waals surface area contributed by atoms with Gasteiger partial charge in [-0.3, -0.25) is 9.59 Å². The highest BCUT2D eigenvalue weighted by molar-refractivity contribution is 7.88. The molecule has 10 heteroatoms. The standard InChI is InChI=1S/C13H17ClN2O3S.C6H11NO2/c1-20(18,19)16-8-2-3-10(9-16)13(17)15-12-6-4-11(14)5-7-12;8-6(9)5-2-1-3-7-4-5/h4-7,10H,2-3,8-9H2,1H3,(H,15,17);5,7H,1-4H2,(H,8,9)/t10-;5-/m11/s1. The molecule has 1 amide bonds. The number of halogens is 1. The molecule has 2 fully saturated rings. The topological polar surface area (TPSA) is 116 Å². The Morgan fingerprint density at radius 3 is 2.34 bits per heavy atom. The summed E-state index contributed by atoms with van der Waals surface area (Å²) in [4.78, 5) is 22.5. The minimum Gasteiger partial charge on any atom is -0.481 e. The number of hydrogen-bond donors (Lipinski definition) is 3. The average molecular weight is 446 g/mol. The Balaban J connectivity index is 0.000000278. The Morgan fingerprint density at radius 2 is 1.83 bits per heavy atom. The molecule has 3 rings (SSSR count). The van der Waals surface area contributed by atoms with E-state index in [4.69, 9.17) is 16.7 Å². The summed E-state index contributed by atoms with van der Waals surface area (Å²) in [6.07, 6.45) is 4.41. The van der Waals surface area contributed by atoms with Crippen LogP contribution in [0.4, 0.5) is 5.69 Å². The Hall–Kier alpha value is -1.68. The Labute approximate surface area is 176 Å². The summed E-state index contributed by atoms with van der Waals surface area (Å²) in [6.45, 7) is 2.36. The SMILES string of the molecule is CS(=O)(=O)N1CCC[C@@H](C(=O)Nc2ccc(Cl)cc2)C1.O=C(O)[C@@H]1CCCNC1. The zero-order chi connectivity index (χ0) is 21.4. The number of amides is 1. The van der Waals surface area contributed by atoms with Crippen LogP contribution in [-0.2, 0) is 19.6 Å². The molecule has 1 aromatic carbocycles. The minimum atomic E-state index is -3.23. The first kappa shape index (κ1) is 23.6. The molecule has 0 aromatic heterocycles. The number of carboxylic acids is 1. The van der Waals surface area contributed by atoms with Gasteiger partial charge in [0.2, 0.25) is 15.9 Å². The molecule has 2 heterocycles. The Kier molecular flexibility index (Phi) is 8.88. The van der Waals surface area contributed by atoms with Crippen LogP contribution < -0.4 is 10.6 Å². The van der Waals surface area contributed by atoms with Gasteiger partial charge in [0.15, 0.2) is 0 Å². The number of carboxylic acid groups (broad SMARTS) is 1. The van der Waals surface area contributed by atoms with Crippen LogP contribution in [0.25, 0.3) is 0 Å². The van der Waals surface area contributed by atoms with Crippen molar-refractivity contribution in [2.75, 3.05) is 37.8 Å². The second kappa shape index (κ2) is 10.9. The Bertz CT molecular complexity index is 795. The predicted octanol–water partition coefficient (Wildman–Crippen LogP) is 2.02. The molecular weight excluding hydrogens is 418 g/mol. The number of piperidine rings is 2. The van der Waals surface area contributed by atoms with Gasteiger partial charge in [-0.25, -0.2) is 12.7 Å². The summed E-state index contributed by atoms with van der Waals surface area (Å²) >= 11 is 5.78. The van der Waals surface area contributed by atoms with E-state index >= 15 is 0 Å². The largest absolute Gasteiger partial charge is 0.481 e. The maximum absolute atomic E-state index is 12.2. The van der Waals surface area contributed by atoms with E-state index in [1.807, 2.05) is 0 Å². The van der Waals surface area contributed by atoms with Crippen molar-refractivity contribution in [3.63, 3.8) is 0 Å². The van der Waals surface area contributed by atoms with E-state index in [0.29, 0.717) is 36.6 Å². The molecule has 0 radical (unpaired) electrons. The van der Waals surface area contributed by atoms with Crippen LogP contribution in [0.15, 0.2) is 24.3 Å².